The summed E-state index contributed by atoms with van der Waals surface area (Å²) in [4.78, 5) is 16.5. The Morgan fingerprint density at radius 1 is 1.06 bits per heavy atom. The van der Waals surface area contributed by atoms with Gasteiger partial charge in [0, 0.05) is 23.3 Å². The van der Waals surface area contributed by atoms with Crippen molar-refractivity contribution in [2.75, 3.05) is 0 Å². The lowest BCUT2D eigenvalue weighted by molar-refractivity contribution is -0.144. The molecule has 2 aromatic carbocycles. The highest BCUT2D eigenvalue weighted by Gasteiger charge is 2.30. The third kappa shape index (κ3) is 5.18. The minimum Gasteiger partial charge on any atom is -0.461 e. The molecule has 0 aliphatic heterocycles. The van der Waals surface area contributed by atoms with E-state index in [4.69, 9.17) is 4.74 Å². The molecule has 2 aromatic heterocycles. The first-order valence-electron chi connectivity index (χ1n) is 9.25. The lowest BCUT2D eigenvalue weighted by Gasteiger charge is -2.06. The van der Waals surface area contributed by atoms with E-state index < -0.39 is 17.7 Å². The van der Waals surface area contributed by atoms with Crippen molar-refractivity contribution in [3.05, 3.63) is 89.2 Å². The van der Waals surface area contributed by atoms with Gasteiger partial charge in [0.25, 0.3) is 0 Å². The average Bonchev–Trinajstić information content (AvgIpc) is 3.45. The van der Waals surface area contributed by atoms with E-state index in [1.54, 1.807) is 16.3 Å². The van der Waals surface area contributed by atoms with Crippen LogP contribution >= 0.6 is 11.3 Å². The number of hydrogen-bond acceptors (Lipinski definition) is 5. The second kappa shape index (κ2) is 8.73. The Bertz CT molecular complexity index is 1150. The minimum absolute atomic E-state index is 0.0114. The van der Waals surface area contributed by atoms with Crippen LogP contribution in [0.3, 0.4) is 0 Å². The standard InChI is InChI=1S/C22H16F3N3O2S/c23-22(24,25)17-6-4-16(5-7-17)21-27-18(14-31-21)12-20(29)30-13-15-2-8-19(9-3-15)28-11-1-10-26-28/h1-11,14H,12-13H2. The van der Waals surface area contributed by atoms with Gasteiger partial charge in [0.2, 0.25) is 0 Å². The van der Waals surface area contributed by atoms with Crippen molar-refractivity contribution in [3.8, 4) is 16.3 Å². The fraction of sp³-hybridized carbons (Fsp3) is 0.136. The molecule has 0 amide bonds. The van der Waals surface area contributed by atoms with E-state index in [-0.39, 0.29) is 13.0 Å². The van der Waals surface area contributed by atoms with Gasteiger partial charge in [-0.05, 0) is 35.9 Å². The van der Waals surface area contributed by atoms with Crippen molar-refractivity contribution < 1.29 is 22.7 Å². The molecule has 0 bridgehead atoms. The normalized spacial score (nSPS) is 11.5. The summed E-state index contributed by atoms with van der Waals surface area (Å²) in [6.45, 7) is 0.133. The van der Waals surface area contributed by atoms with Crippen molar-refractivity contribution in [1.29, 1.82) is 0 Å². The monoisotopic (exact) mass is 443 g/mol. The highest BCUT2D eigenvalue weighted by atomic mass is 32.1. The molecule has 0 radical (unpaired) electrons. The SMILES string of the molecule is O=C(Cc1csc(-c2ccc(C(F)(F)F)cc2)n1)OCc1ccc(-n2cccn2)cc1. The van der Waals surface area contributed by atoms with Crippen molar-refractivity contribution >= 4 is 17.3 Å². The summed E-state index contributed by atoms with van der Waals surface area (Å²) in [5.41, 5.74) is 2.11. The van der Waals surface area contributed by atoms with Gasteiger partial charge in [-0.1, -0.05) is 24.3 Å². The summed E-state index contributed by atoms with van der Waals surface area (Å²) < 4.78 is 45.1. The highest BCUT2D eigenvalue weighted by Crippen LogP contribution is 2.31. The maximum atomic E-state index is 12.7. The maximum absolute atomic E-state index is 12.7. The second-order valence-electron chi connectivity index (χ2n) is 6.67. The number of benzene rings is 2. The summed E-state index contributed by atoms with van der Waals surface area (Å²) in [7, 11) is 0. The first-order valence-corrected chi connectivity index (χ1v) is 10.1. The van der Waals surface area contributed by atoms with Crippen molar-refractivity contribution in [3.63, 3.8) is 0 Å². The van der Waals surface area contributed by atoms with Crippen LogP contribution in [0.25, 0.3) is 16.3 Å². The number of thiazole rings is 1. The van der Waals surface area contributed by atoms with Crippen LogP contribution in [0.1, 0.15) is 16.8 Å². The van der Waals surface area contributed by atoms with Gasteiger partial charge in [-0.15, -0.1) is 11.3 Å². The smallest absolute Gasteiger partial charge is 0.416 e. The van der Waals surface area contributed by atoms with Gasteiger partial charge in [-0.2, -0.15) is 18.3 Å². The summed E-state index contributed by atoms with van der Waals surface area (Å²) in [6, 6.07) is 14.1. The molecule has 0 unspecified atom stereocenters. The molecule has 31 heavy (non-hydrogen) atoms. The van der Waals surface area contributed by atoms with Gasteiger partial charge in [-0.3, -0.25) is 4.79 Å². The van der Waals surface area contributed by atoms with Crippen LogP contribution in [0, 0.1) is 0 Å². The van der Waals surface area contributed by atoms with Crippen LogP contribution in [-0.4, -0.2) is 20.7 Å². The van der Waals surface area contributed by atoms with Gasteiger partial charge >= 0.3 is 12.1 Å². The zero-order chi connectivity index (χ0) is 21.8. The molecule has 5 nitrogen and oxygen atoms in total. The summed E-state index contributed by atoms with van der Waals surface area (Å²) >= 11 is 1.26. The molecule has 0 saturated heterocycles. The Morgan fingerprint density at radius 2 is 1.81 bits per heavy atom. The number of alkyl halides is 3. The number of carbonyl (C=O) groups excluding carboxylic acids is 1. The van der Waals surface area contributed by atoms with E-state index >= 15 is 0 Å². The van der Waals surface area contributed by atoms with Crippen molar-refractivity contribution in [1.82, 2.24) is 14.8 Å². The zero-order valence-electron chi connectivity index (χ0n) is 16.0. The molecule has 4 rings (SSSR count). The molecule has 0 saturated carbocycles. The van der Waals surface area contributed by atoms with Crippen LogP contribution < -0.4 is 0 Å². The fourth-order valence-corrected chi connectivity index (χ4v) is 3.68. The predicted octanol–water partition coefficient (Wildman–Crippen LogP) is 5.30. The van der Waals surface area contributed by atoms with Crippen LogP contribution in [0.4, 0.5) is 13.2 Å². The number of nitrogens with zero attached hydrogens (tertiary/aromatic N) is 3. The largest absolute Gasteiger partial charge is 0.461 e. The summed E-state index contributed by atoms with van der Waals surface area (Å²) in [5, 5.41) is 6.40. The number of hydrogen-bond donors (Lipinski definition) is 0. The molecule has 0 atom stereocenters. The zero-order valence-corrected chi connectivity index (χ0v) is 16.9. The maximum Gasteiger partial charge on any atom is 0.416 e. The van der Waals surface area contributed by atoms with Crippen molar-refractivity contribution in [2.45, 2.75) is 19.2 Å². The molecule has 2 heterocycles. The lowest BCUT2D eigenvalue weighted by Crippen LogP contribution is -2.08. The first-order chi connectivity index (χ1) is 14.9. The first kappa shape index (κ1) is 20.8. The molecule has 9 heteroatoms. The van der Waals surface area contributed by atoms with Crippen LogP contribution in [0.15, 0.2) is 72.4 Å². The number of ether oxygens (including phenoxy) is 1. The third-order valence-electron chi connectivity index (χ3n) is 4.44. The van der Waals surface area contributed by atoms with E-state index in [0.717, 1.165) is 23.4 Å². The van der Waals surface area contributed by atoms with E-state index in [2.05, 4.69) is 10.1 Å². The summed E-state index contributed by atoms with van der Waals surface area (Å²) in [5.74, 6) is -0.430. The van der Waals surface area contributed by atoms with Gasteiger partial charge in [0.05, 0.1) is 23.4 Å². The van der Waals surface area contributed by atoms with Crippen LogP contribution in [0.2, 0.25) is 0 Å². The van der Waals surface area contributed by atoms with E-state index in [0.29, 0.717) is 16.3 Å². The Kier molecular flexibility index (Phi) is 5.85. The van der Waals surface area contributed by atoms with Gasteiger partial charge in [-0.25, -0.2) is 9.67 Å². The molecule has 0 fully saturated rings. The van der Waals surface area contributed by atoms with Gasteiger partial charge < -0.3 is 4.74 Å². The second-order valence-corrected chi connectivity index (χ2v) is 7.53. The Morgan fingerprint density at radius 3 is 2.45 bits per heavy atom. The number of carbonyl (C=O) groups is 1. The Hall–Kier alpha value is -3.46. The number of esters is 1. The van der Waals surface area contributed by atoms with Gasteiger partial charge in [0.1, 0.15) is 11.6 Å². The lowest BCUT2D eigenvalue weighted by atomic mass is 10.1. The van der Waals surface area contributed by atoms with Gasteiger partial charge in [0.15, 0.2) is 0 Å². The van der Waals surface area contributed by atoms with Crippen LogP contribution in [-0.2, 0) is 28.7 Å². The Labute approximate surface area is 179 Å². The van der Waals surface area contributed by atoms with E-state index in [1.165, 1.54) is 23.5 Å². The predicted molar refractivity (Wildman–Crippen MR) is 110 cm³/mol. The number of halogens is 3. The molecule has 0 N–H and O–H groups in total. The highest BCUT2D eigenvalue weighted by molar-refractivity contribution is 7.13. The fourth-order valence-electron chi connectivity index (χ4n) is 2.85. The molecular weight excluding hydrogens is 427 g/mol. The molecule has 0 aliphatic carbocycles. The Balaban J connectivity index is 1.32. The molecular formula is C22H16F3N3O2S. The van der Waals surface area contributed by atoms with E-state index in [1.807, 2.05) is 36.5 Å². The van der Waals surface area contributed by atoms with Crippen LogP contribution in [0.5, 0.6) is 0 Å². The quantitative estimate of drug-likeness (QED) is 0.380. The number of rotatable bonds is 6. The molecule has 4 aromatic rings. The minimum atomic E-state index is -4.38. The summed E-state index contributed by atoms with van der Waals surface area (Å²) in [6.07, 6.45) is -0.864. The van der Waals surface area contributed by atoms with Crippen molar-refractivity contribution in [2.24, 2.45) is 0 Å². The topological polar surface area (TPSA) is 57.0 Å². The average molecular weight is 443 g/mol. The molecule has 158 valence electrons. The van der Waals surface area contributed by atoms with E-state index in [9.17, 15) is 18.0 Å². The molecule has 0 spiro atoms. The third-order valence-corrected chi connectivity index (χ3v) is 5.38. The number of aromatic nitrogens is 3. The molecule has 0 aliphatic rings.